The van der Waals surface area contributed by atoms with E-state index in [9.17, 15) is 4.79 Å². The third-order valence-corrected chi connectivity index (χ3v) is 5.87. The molecule has 0 atom stereocenters. The summed E-state index contributed by atoms with van der Waals surface area (Å²) in [6, 6.07) is 11.5. The lowest BCUT2D eigenvalue weighted by Gasteiger charge is -2.09. The Balaban J connectivity index is 1.94. The quantitative estimate of drug-likeness (QED) is 0.526. The van der Waals surface area contributed by atoms with Gasteiger partial charge in [-0.15, -0.1) is 11.8 Å². The van der Waals surface area contributed by atoms with Gasteiger partial charge in [-0.2, -0.15) is 0 Å². The van der Waals surface area contributed by atoms with Crippen molar-refractivity contribution in [2.75, 3.05) is 11.1 Å². The average Bonchev–Trinajstić information content (AvgIpc) is 2.44. The average molecular weight is 432 g/mol. The highest BCUT2D eigenvalue weighted by molar-refractivity contribution is 14.1. The number of rotatable bonds is 4. The van der Waals surface area contributed by atoms with Crippen molar-refractivity contribution >= 4 is 57.5 Å². The van der Waals surface area contributed by atoms with E-state index in [1.165, 1.54) is 26.5 Å². The first-order valence-electron chi connectivity index (χ1n) is 6.40. The first-order chi connectivity index (χ1) is 9.95. The van der Waals surface area contributed by atoms with Gasteiger partial charge in [0.05, 0.1) is 5.75 Å². The summed E-state index contributed by atoms with van der Waals surface area (Å²) in [7, 11) is 0. The van der Waals surface area contributed by atoms with Crippen molar-refractivity contribution in [2.45, 2.75) is 18.7 Å². The monoisotopic (exact) mass is 431 g/mol. The largest absolute Gasteiger partial charge is 0.325 e. The van der Waals surface area contributed by atoms with Gasteiger partial charge in [0.25, 0.3) is 0 Å². The highest BCUT2D eigenvalue weighted by atomic mass is 127. The molecule has 0 aliphatic rings. The van der Waals surface area contributed by atoms with Gasteiger partial charge in [-0.05, 0) is 84.0 Å². The lowest BCUT2D eigenvalue weighted by atomic mass is 10.1. The van der Waals surface area contributed by atoms with E-state index in [-0.39, 0.29) is 5.91 Å². The van der Waals surface area contributed by atoms with Crippen LogP contribution in [0.25, 0.3) is 0 Å². The third-order valence-electron chi connectivity index (χ3n) is 2.90. The van der Waals surface area contributed by atoms with Crippen LogP contribution in [0.3, 0.4) is 0 Å². The summed E-state index contributed by atoms with van der Waals surface area (Å²) >= 11 is 9.65. The fourth-order valence-corrected chi connectivity index (χ4v) is 3.03. The Morgan fingerprint density at radius 1 is 1.19 bits per heavy atom. The Morgan fingerprint density at radius 3 is 2.33 bits per heavy atom. The standard InChI is InChI=1S/C16H15ClINOS/c1-10-7-13(8-11(2)16(10)18)19-15(20)9-21-14-5-3-12(17)4-6-14/h3-8H,9H2,1-2H3,(H,19,20). The minimum absolute atomic E-state index is 0.00467. The number of thioether (sulfide) groups is 1. The van der Waals surface area contributed by atoms with Gasteiger partial charge in [-0.25, -0.2) is 0 Å². The number of nitrogens with one attached hydrogen (secondary N) is 1. The topological polar surface area (TPSA) is 29.1 Å². The van der Waals surface area contributed by atoms with Gasteiger partial charge in [0.2, 0.25) is 5.91 Å². The smallest absolute Gasteiger partial charge is 0.234 e. The molecule has 0 bridgehead atoms. The molecule has 5 heteroatoms. The highest BCUT2D eigenvalue weighted by Gasteiger charge is 2.07. The van der Waals surface area contributed by atoms with Crippen molar-refractivity contribution in [1.29, 1.82) is 0 Å². The number of aryl methyl sites for hydroxylation is 2. The molecule has 2 aromatic carbocycles. The molecule has 0 fully saturated rings. The Morgan fingerprint density at radius 2 is 1.76 bits per heavy atom. The van der Waals surface area contributed by atoms with Gasteiger partial charge in [0.15, 0.2) is 0 Å². The number of carbonyl (C=O) groups is 1. The molecule has 1 amide bonds. The van der Waals surface area contributed by atoms with Gasteiger partial charge >= 0.3 is 0 Å². The van der Waals surface area contributed by atoms with Crippen molar-refractivity contribution in [3.63, 3.8) is 0 Å². The second-order valence-corrected chi connectivity index (χ2v) is 7.28. The molecule has 2 aromatic rings. The zero-order valence-electron chi connectivity index (χ0n) is 11.7. The van der Waals surface area contributed by atoms with Gasteiger partial charge in [-0.1, -0.05) is 11.6 Å². The normalized spacial score (nSPS) is 10.5. The molecule has 110 valence electrons. The van der Waals surface area contributed by atoms with Crippen LogP contribution in [0, 0.1) is 17.4 Å². The highest BCUT2D eigenvalue weighted by Crippen LogP contribution is 2.23. The molecule has 0 saturated carbocycles. The Kier molecular flexibility index (Phi) is 5.96. The van der Waals surface area contributed by atoms with Crippen molar-refractivity contribution in [3.8, 4) is 0 Å². The fourth-order valence-electron chi connectivity index (χ4n) is 1.89. The molecule has 0 heterocycles. The van der Waals surface area contributed by atoms with Crippen LogP contribution in [0.5, 0.6) is 0 Å². The number of anilines is 1. The van der Waals surface area contributed by atoms with Crippen LogP contribution in [0.1, 0.15) is 11.1 Å². The van der Waals surface area contributed by atoms with E-state index in [4.69, 9.17) is 11.6 Å². The molecular weight excluding hydrogens is 417 g/mol. The van der Waals surface area contributed by atoms with E-state index in [0.29, 0.717) is 10.8 Å². The van der Waals surface area contributed by atoms with Gasteiger partial charge in [0, 0.05) is 19.2 Å². The Labute approximate surface area is 147 Å². The molecule has 21 heavy (non-hydrogen) atoms. The van der Waals surface area contributed by atoms with E-state index >= 15 is 0 Å². The molecule has 0 spiro atoms. The second-order valence-electron chi connectivity index (χ2n) is 4.71. The minimum atomic E-state index is -0.00467. The van der Waals surface area contributed by atoms with Crippen molar-refractivity contribution in [2.24, 2.45) is 0 Å². The lowest BCUT2D eigenvalue weighted by Crippen LogP contribution is -2.14. The molecule has 0 aromatic heterocycles. The van der Waals surface area contributed by atoms with E-state index in [2.05, 4.69) is 27.9 Å². The minimum Gasteiger partial charge on any atom is -0.325 e. The van der Waals surface area contributed by atoms with E-state index < -0.39 is 0 Å². The van der Waals surface area contributed by atoms with Crippen LogP contribution < -0.4 is 5.32 Å². The van der Waals surface area contributed by atoms with Gasteiger partial charge < -0.3 is 5.32 Å². The van der Waals surface area contributed by atoms with Crippen molar-refractivity contribution in [1.82, 2.24) is 0 Å². The van der Waals surface area contributed by atoms with Crippen LogP contribution >= 0.6 is 46.0 Å². The summed E-state index contributed by atoms with van der Waals surface area (Å²) in [6.45, 7) is 4.10. The lowest BCUT2D eigenvalue weighted by molar-refractivity contribution is -0.113. The molecular formula is C16H15ClINOS. The zero-order valence-corrected chi connectivity index (χ0v) is 15.5. The molecule has 0 unspecified atom stereocenters. The summed E-state index contributed by atoms with van der Waals surface area (Å²) < 4.78 is 1.24. The molecule has 0 saturated heterocycles. The van der Waals surface area contributed by atoms with Crippen LogP contribution in [0.2, 0.25) is 5.02 Å². The Bertz CT molecular complexity index is 635. The maximum atomic E-state index is 12.0. The Hall–Kier alpha value is -0.720. The molecule has 1 N–H and O–H groups in total. The first kappa shape index (κ1) is 16.6. The molecule has 2 rings (SSSR count). The van der Waals surface area contributed by atoms with Gasteiger partial charge in [0.1, 0.15) is 0 Å². The number of carbonyl (C=O) groups excluding carboxylic acids is 1. The SMILES string of the molecule is Cc1cc(NC(=O)CSc2ccc(Cl)cc2)cc(C)c1I. The van der Waals surface area contributed by atoms with Crippen LogP contribution in [-0.4, -0.2) is 11.7 Å². The van der Waals surface area contributed by atoms with Crippen molar-refractivity contribution in [3.05, 3.63) is 56.1 Å². The molecule has 0 aliphatic heterocycles. The third kappa shape index (κ3) is 4.90. The predicted octanol–water partition coefficient (Wildman–Crippen LogP) is 5.29. The maximum Gasteiger partial charge on any atom is 0.234 e. The summed E-state index contributed by atoms with van der Waals surface area (Å²) in [5.74, 6) is 0.376. The zero-order chi connectivity index (χ0) is 15.4. The second kappa shape index (κ2) is 7.51. The number of halogens is 2. The molecule has 0 radical (unpaired) electrons. The predicted molar refractivity (Wildman–Crippen MR) is 99.4 cm³/mol. The molecule has 0 aliphatic carbocycles. The number of hydrogen-bond donors (Lipinski definition) is 1. The van der Waals surface area contributed by atoms with E-state index in [0.717, 1.165) is 10.6 Å². The first-order valence-corrected chi connectivity index (χ1v) is 8.85. The van der Waals surface area contributed by atoms with Crippen molar-refractivity contribution < 1.29 is 4.79 Å². The maximum absolute atomic E-state index is 12.0. The fraction of sp³-hybridized carbons (Fsp3) is 0.188. The summed E-state index contributed by atoms with van der Waals surface area (Å²) in [5.41, 5.74) is 3.21. The van der Waals surface area contributed by atoms with E-state index in [1.807, 2.05) is 50.2 Å². The summed E-state index contributed by atoms with van der Waals surface area (Å²) in [5, 5.41) is 3.65. The van der Waals surface area contributed by atoms with Crippen LogP contribution in [0.4, 0.5) is 5.69 Å². The summed E-state index contributed by atoms with van der Waals surface area (Å²) in [6.07, 6.45) is 0. The number of benzene rings is 2. The molecule has 2 nitrogen and oxygen atoms in total. The number of hydrogen-bond acceptors (Lipinski definition) is 2. The van der Waals surface area contributed by atoms with Crippen LogP contribution in [-0.2, 0) is 4.79 Å². The van der Waals surface area contributed by atoms with Crippen LogP contribution in [0.15, 0.2) is 41.3 Å². The number of amides is 1. The van der Waals surface area contributed by atoms with E-state index in [1.54, 1.807) is 0 Å². The van der Waals surface area contributed by atoms with Gasteiger partial charge in [-0.3, -0.25) is 4.79 Å². The summed E-state index contributed by atoms with van der Waals surface area (Å²) in [4.78, 5) is 13.0.